The highest BCUT2D eigenvalue weighted by Gasteiger charge is 2.14. The van der Waals surface area contributed by atoms with E-state index in [1.807, 2.05) is 0 Å². The molecule has 24 heavy (non-hydrogen) atoms. The first-order valence-electron chi connectivity index (χ1n) is 6.39. The van der Waals surface area contributed by atoms with Crippen LogP contribution in [0.5, 0.6) is 5.75 Å². The minimum atomic E-state index is -4.57. The van der Waals surface area contributed by atoms with Gasteiger partial charge in [0, 0.05) is 17.3 Å². The Labute approximate surface area is 136 Å². The van der Waals surface area contributed by atoms with Crippen LogP contribution in [0.4, 0.5) is 20.2 Å². The summed E-state index contributed by atoms with van der Waals surface area (Å²) in [6.07, 6.45) is 0. The van der Waals surface area contributed by atoms with E-state index in [2.05, 4.69) is 5.32 Å². The van der Waals surface area contributed by atoms with Gasteiger partial charge in [0.25, 0.3) is 5.91 Å². The van der Waals surface area contributed by atoms with Crippen molar-refractivity contribution >= 4 is 27.6 Å². The molecule has 2 rings (SSSR count). The molecule has 0 saturated heterocycles. The normalized spacial score (nSPS) is 11.0. The van der Waals surface area contributed by atoms with Crippen molar-refractivity contribution < 1.29 is 31.3 Å². The summed E-state index contributed by atoms with van der Waals surface area (Å²) in [4.78, 5) is 12.1. The molecule has 0 unspecified atom stereocenters. The number of hydrogen-bond acceptors (Lipinski definition) is 4. The molecule has 2 aromatic carbocycles. The lowest BCUT2D eigenvalue weighted by molar-refractivity contribution is 0.102. The predicted molar refractivity (Wildman–Crippen MR) is 82.5 cm³/mol. The Hall–Kier alpha value is -2.72. The maximum Gasteiger partial charge on any atom is 0.357 e. The second-order valence-electron chi connectivity index (χ2n) is 4.58. The summed E-state index contributed by atoms with van der Waals surface area (Å²) >= 11 is 0. The molecule has 2 aromatic rings. The van der Waals surface area contributed by atoms with Crippen molar-refractivity contribution in [1.82, 2.24) is 0 Å². The molecule has 0 heterocycles. The Morgan fingerprint density at radius 2 is 1.83 bits per heavy atom. The number of benzene rings is 2. The van der Waals surface area contributed by atoms with Crippen LogP contribution in [-0.2, 0) is 10.3 Å². The molecule has 0 bridgehead atoms. The Morgan fingerprint density at radius 1 is 1.12 bits per heavy atom. The Morgan fingerprint density at radius 3 is 2.42 bits per heavy atom. The van der Waals surface area contributed by atoms with Crippen molar-refractivity contribution in [2.45, 2.75) is 0 Å². The average molecular weight is 358 g/mol. The number of methoxy groups -OCH3 is 1. The van der Waals surface area contributed by atoms with Gasteiger partial charge in [0.15, 0.2) is 11.6 Å². The summed E-state index contributed by atoms with van der Waals surface area (Å²) < 4.78 is 63.4. The fraction of sp³-hybridized carbons (Fsp3) is 0.0714. The van der Waals surface area contributed by atoms with Crippen molar-refractivity contribution in [3.05, 3.63) is 53.6 Å². The smallest absolute Gasteiger partial charge is 0.357 e. The van der Waals surface area contributed by atoms with Crippen LogP contribution in [0, 0.1) is 11.6 Å². The van der Waals surface area contributed by atoms with E-state index >= 15 is 0 Å². The van der Waals surface area contributed by atoms with E-state index in [-0.39, 0.29) is 22.7 Å². The molecule has 0 aliphatic heterocycles. The topological polar surface area (TPSA) is 105 Å². The molecule has 0 aromatic heterocycles. The van der Waals surface area contributed by atoms with E-state index in [4.69, 9.17) is 9.29 Å². The zero-order valence-corrected chi connectivity index (χ0v) is 13.0. The standard InChI is InChI=1S/C14H12F2N2O5S/c1-23-13-5-2-8(6-12(13)18-24(20,21)22)14(19)17-9-3-4-10(15)11(16)7-9/h2-7,18H,1H3,(H,17,19)(H,20,21,22). The lowest BCUT2D eigenvalue weighted by Gasteiger charge is -2.11. The van der Waals surface area contributed by atoms with Gasteiger partial charge in [-0.3, -0.25) is 14.1 Å². The number of anilines is 2. The molecular weight excluding hydrogens is 346 g/mol. The highest BCUT2D eigenvalue weighted by Crippen LogP contribution is 2.26. The van der Waals surface area contributed by atoms with Crippen molar-refractivity contribution in [2.75, 3.05) is 17.1 Å². The fourth-order valence-corrected chi connectivity index (χ4v) is 2.28. The summed E-state index contributed by atoms with van der Waals surface area (Å²) in [7, 11) is -3.31. The van der Waals surface area contributed by atoms with Crippen LogP contribution in [0.3, 0.4) is 0 Å². The van der Waals surface area contributed by atoms with E-state index < -0.39 is 27.8 Å². The molecule has 128 valence electrons. The van der Waals surface area contributed by atoms with Crippen LogP contribution in [0.1, 0.15) is 10.4 Å². The van der Waals surface area contributed by atoms with Gasteiger partial charge >= 0.3 is 10.3 Å². The van der Waals surface area contributed by atoms with Gasteiger partial charge in [-0.2, -0.15) is 8.42 Å². The fourth-order valence-electron chi connectivity index (χ4n) is 1.85. The lowest BCUT2D eigenvalue weighted by atomic mass is 10.1. The number of nitrogens with one attached hydrogen (secondary N) is 2. The van der Waals surface area contributed by atoms with Crippen molar-refractivity contribution in [3.8, 4) is 5.75 Å². The van der Waals surface area contributed by atoms with Crippen LogP contribution in [0.15, 0.2) is 36.4 Å². The van der Waals surface area contributed by atoms with Gasteiger partial charge in [0.1, 0.15) is 5.75 Å². The van der Waals surface area contributed by atoms with Gasteiger partial charge in [-0.25, -0.2) is 8.78 Å². The highest BCUT2D eigenvalue weighted by atomic mass is 32.2. The van der Waals surface area contributed by atoms with Crippen LogP contribution >= 0.6 is 0 Å². The van der Waals surface area contributed by atoms with E-state index in [1.165, 1.54) is 19.2 Å². The minimum absolute atomic E-state index is 0.00770. The highest BCUT2D eigenvalue weighted by molar-refractivity contribution is 7.87. The van der Waals surface area contributed by atoms with E-state index in [9.17, 15) is 22.0 Å². The number of halogens is 2. The summed E-state index contributed by atoms with van der Waals surface area (Å²) in [5.74, 6) is -2.83. The third kappa shape index (κ3) is 4.40. The Bertz CT molecular complexity index is 887. The van der Waals surface area contributed by atoms with Gasteiger partial charge < -0.3 is 10.1 Å². The van der Waals surface area contributed by atoms with Crippen LogP contribution < -0.4 is 14.8 Å². The SMILES string of the molecule is COc1ccc(C(=O)Nc2ccc(F)c(F)c2)cc1NS(=O)(=O)O. The van der Waals surface area contributed by atoms with E-state index in [0.29, 0.717) is 0 Å². The summed E-state index contributed by atoms with van der Waals surface area (Å²) in [5.41, 5.74) is -0.163. The molecule has 10 heteroatoms. The number of carbonyl (C=O) groups excluding carboxylic acids is 1. The maximum absolute atomic E-state index is 13.1. The summed E-state index contributed by atoms with van der Waals surface area (Å²) in [5, 5.41) is 2.33. The molecule has 7 nitrogen and oxygen atoms in total. The van der Waals surface area contributed by atoms with Gasteiger partial charge in [-0.1, -0.05) is 0 Å². The van der Waals surface area contributed by atoms with E-state index in [1.54, 1.807) is 4.72 Å². The second kappa shape index (κ2) is 6.81. The molecule has 0 spiro atoms. The predicted octanol–water partition coefficient (Wildman–Crippen LogP) is 2.44. The monoisotopic (exact) mass is 358 g/mol. The third-order valence-corrected chi connectivity index (χ3v) is 3.36. The molecule has 0 aliphatic carbocycles. The average Bonchev–Trinajstić information content (AvgIpc) is 2.49. The van der Waals surface area contributed by atoms with Crippen LogP contribution in [0.2, 0.25) is 0 Å². The van der Waals surface area contributed by atoms with E-state index in [0.717, 1.165) is 24.3 Å². The first-order chi connectivity index (χ1) is 11.2. The number of rotatable bonds is 5. The Balaban J connectivity index is 2.28. The van der Waals surface area contributed by atoms with Gasteiger partial charge in [0.05, 0.1) is 12.8 Å². The number of carbonyl (C=O) groups is 1. The number of hydrogen-bond donors (Lipinski definition) is 3. The molecule has 0 atom stereocenters. The molecule has 1 amide bonds. The lowest BCUT2D eigenvalue weighted by Crippen LogP contribution is -2.15. The molecule has 3 N–H and O–H groups in total. The largest absolute Gasteiger partial charge is 0.495 e. The summed E-state index contributed by atoms with van der Waals surface area (Å²) in [6, 6.07) is 6.55. The van der Waals surface area contributed by atoms with Crippen LogP contribution in [-0.4, -0.2) is 26.0 Å². The number of amides is 1. The van der Waals surface area contributed by atoms with Crippen molar-refractivity contribution in [2.24, 2.45) is 0 Å². The van der Waals surface area contributed by atoms with Gasteiger partial charge in [0.2, 0.25) is 0 Å². The molecule has 0 aliphatic rings. The van der Waals surface area contributed by atoms with Crippen LogP contribution in [0.25, 0.3) is 0 Å². The zero-order chi connectivity index (χ0) is 17.9. The van der Waals surface area contributed by atoms with Crippen molar-refractivity contribution in [1.29, 1.82) is 0 Å². The molecule has 0 radical (unpaired) electrons. The van der Waals surface area contributed by atoms with Crippen molar-refractivity contribution in [3.63, 3.8) is 0 Å². The second-order valence-corrected chi connectivity index (χ2v) is 5.73. The molecule has 0 saturated carbocycles. The maximum atomic E-state index is 13.1. The number of ether oxygens (including phenoxy) is 1. The quantitative estimate of drug-likeness (QED) is 0.712. The zero-order valence-electron chi connectivity index (χ0n) is 12.2. The van der Waals surface area contributed by atoms with Gasteiger partial charge in [-0.15, -0.1) is 0 Å². The molecular formula is C14H12F2N2O5S. The Kier molecular flexibility index (Phi) is 5.00. The molecule has 0 fully saturated rings. The van der Waals surface area contributed by atoms with Gasteiger partial charge in [-0.05, 0) is 30.3 Å². The first-order valence-corrected chi connectivity index (χ1v) is 7.83. The first kappa shape index (κ1) is 17.6. The third-order valence-electron chi connectivity index (χ3n) is 2.88. The minimum Gasteiger partial charge on any atom is -0.495 e. The summed E-state index contributed by atoms with van der Waals surface area (Å²) in [6.45, 7) is 0.